The first kappa shape index (κ1) is 15.3. The summed E-state index contributed by atoms with van der Waals surface area (Å²) in [7, 11) is -3.64. The summed E-state index contributed by atoms with van der Waals surface area (Å²) < 4.78 is 32.5. The van der Waals surface area contributed by atoms with E-state index in [0.717, 1.165) is 0 Å². The van der Waals surface area contributed by atoms with Gasteiger partial charge in [-0.3, -0.25) is 10.00 Å². The number of piperazine rings is 1. The van der Waals surface area contributed by atoms with Crippen molar-refractivity contribution in [2.75, 3.05) is 26.2 Å². The molecule has 2 saturated heterocycles. The Morgan fingerprint density at radius 2 is 2.09 bits per heavy atom. The molecule has 1 aromatic rings. The van der Waals surface area contributed by atoms with Crippen LogP contribution in [-0.2, 0) is 14.8 Å². The molecule has 1 N–H and O–H groups in total. The Morgan fingerprint density at radius 1 is 1.36 bits per heavy atom. The third-order valence-electron chi connectivity index (χ3n) is 4.62. The monoisotopic (exact) mass is 328 g/mol. The van der Waals surface area contributed by atoms with E-state index >= 15 is 0 Å². The number of amides is 1. The van der Waals surface area contributed by atoms with Gasteiger partial charge < -0.3 is 4.74 Å². The summed E-state index contributed by atoms with van der Waals surface area (Å²) in [4.78, 5) is 13.7. The fraction of sp³-hybridized carbons (Fsp3) is 0.692. The minimum atomic E-state index is -3.64. The van der Waals surface area contributed by atoms with Gasteiger partial charge in [0.1, 0.15) is 11.5 Å². The van der Waals surface area contributed by atoms with E-state index in [2.05, 4.69) is 10.2 Å². The van der Waals surface area contributed by atoms with Gasteiger partial charge in [-0.15, -0.1) is 0 Å². The Morgan fingerprint density at radius 3 is 2.68 bits per heavy atom. The first-order valence-corrected chi connectivity index (χ1v) is 8.72. The largest absolute Gasteiger partial charge is 0.447 e. The minimum Gasteiger partial charge on any atom is -0.447 e. The van der Waals surface area contributed by atoms with Crippen LogP contribution in [0.4, 0.5) is 4.79 Å². The molecule has 0 spiro atoms. The van der Waals surface area contributed by atoms with Gasteiger partial charge in [0.05, 0.1) is 16.9 Å². The van der Waals surface area contributed by atoms with E-state index in [0.29, 0.717) is 24.4 Å². The lowest BCUT2D eigenvalue weighted by atomic mass is 9.94. The number of hydrogen-bond donors (Lipinski definition) is 1. The molecule has 9 heteroatoms. The van der Waals surface area contributed by atoms with E-state index in [1.807, 2.05) is 6.92 Å². The molecular formula is C13H20N4O4S. The number of aromatic nitrogens is 2. The van der Waals surface area contributed by atoms with Crippen LogP contribution in [0.25, 0.3) is 0 Å². The maximum atomic E-state index is 12.9. The summed E-state index contributed by atoms with van der Waals surface area (Å²) in [5.41, 5.74) is 0.432. The van der Waals surface area contributed by atoms with Crippen LogP contribution < -0.4 is 0 Å². The van der Waals surface area contributed by atoms with Crippen molar-refractivity contribution in [2.45, 2.75) is 37.6 Å². The van der Waals surface area contributed by atoms with Crippen LogP contribution in [0.3, 0.4) is 0 Å². The number of aromatic amines is 1. The molecule has 0 aromatic carbocycles. The zero-order valence-electron chi connectivity index (χ0n) is 12.9. The fourth-order valence-electron chi connectivity index (χ4n) is 3.28. The number of carbonyl (C=O) groups is 1. The quantitative estimate of drug-likeness (QED) is 0.878. The van der Waals surface area contributed by atoms with E-state index in [9.17, 15) is 13.2 Å². The van der Waals surface area contributed by atoms with Gasteiger partial charge in [-0.25, -0.2) is 13.2 Å². The van der Waals surface area contributed by atoms with Crippen molar-refractivity contribution < 1.29 is 17.9 Å². The summed E-state index contributed by atoms with van der Waals surface area (Å²) in [6.45, 7) is 6.41. The SMILES string of the molecule is CCC12COC(=O)N1CCN(S(=O)(=O)c1c(C)n[nH]c1C)C2. The molecule has 2 aliphatic heterocycles. The maximum Gasteiger partial charge on any atom is 0.410 e. The number of fused-ring (bicyclic) bond motifs is 1. The van der Waals surface area contributed by atoms with Crippen molar-refractivity contribution in [1.29, 1.82) is 0 Å². The summed E-state index contributed by atoms with van der Waals surface area (Å²) in [6.07, 6.45) is 0.295. The Kier molecular flexibility index (Phi) is 3.44. The van der Waals surface area contributed by atoms with Gasteiger partial charge >= 0.3 is 6.09 Å². The van der Waals surface area contributed by atoms with Crippen molar-refractivity contribution in [1.82, 2.24) is 19.4 Å². The second-order valence-corrected chi connectivity index (χ2v) is 7.76. The number of nitrogens with one attached hydrogen (secondary N) is 1. The molecule has 8 nitrogen and oxygen atoms in total. The van der Waals surface area contributed by atoms with Crippen LogP contribution in [0.15, 0.2) is 4.90 Å². The molecular weight excluding hydrogens is 308 g/mol. The van der Waals surface area contributed by atoms with Crippen LogP contribution >= 0.6 is 0 Å². The van der Waals surface area contributed by atoms with Crippen LogP contribution in [0.2, 0.25) is 0 Å². The second kappa shape index (κ2) is 4.95. The molecule has 0 aliphatic carbocycles. The molecule has 22 heavy (non-hydrogen) atoms. The number of hydrogen-bond acceptors (Lipinski definition) is 5. The molecule has 2 aliphatic rings. The van der Waals surface area contributed by atoms with E-state index in [-0.39, 0.29) is 30.7 Å². The van der Waals surface area contributed by atoms with Gasteiger partial charge in [0.2, 0.25) is 10.0 Å². The van der Waals surface area contributed by atoms with Crippen molar-refractivity contribution in [3.63, 3.8) is 0 Å². The summed E-state index contributed by atoms with van der Waals surface area (Å²) in [5, 5.41) is 6.69. The number of ether oxygens (including phenoxy) is 1. The van der Waals surface area contributed by atoms with Crippen LogP contribution in [0, 0.1) is 13.8 Å². The molecule has 1 unspecified atom stereocenters. The molecule has 0 bridgehead atoms. The number of cyclic esters (lactones) is 1. The number of aryl methyl sites for hydroxylation is 2. The highest BCUT2D eigenvalue weighted by atomic mass is 32.2. The number of sulfonamides is 1. The summed E-state index contributed by atoms with van der Waals surface area (Å²) >= 11 is 0. The maximum absolute atomic E-state index is 12.9. The molecule has 1 atom stereocenters. The van der Waals surface area contributed by atoms with E-state index < -0.39 is 15.6 Å². The molecule has 3 rings (SSSR count). The normalized spacial score (nSPS) is 26.1. The molecule has 1 amide bonds. The molecule has 2 fully saturated rings. The van der Waals surface area contributed by atoms with E-state index in [4.69, 9.17) is 4.74 Å². The van der Waals surface area contributed by atoms with Gasteiger partial charge in [0, 0.05) is 19.6 Å². The molecule has 122 valence electrons. The number of nitrogens with zero attached hydrogens (tertiary/aromatic N) is 3. The third kappa shape index (κ3) is 2.03. The predicted octanol–water partition coefficient (Wildman–Crippen LogP) is 0.632. The number of carbonyl (C=O) groups excluding carboxylic acids is 1. The lowest BCUT2D eigenvalue weighted by Crippen LogP contribution is -2.62. The topological polar surface area (TPSA) is 95.6 Å². The van der Waals surface area contributed by atoms with E-state index in [1.54, 1.807) is 18.7 Å². The third-order valence-corrected chi connectivity index (χ3v) is 6.73. The molecule has 3 heterocycles. The number of H-pyrrole nitrogens is 1. The summed E-state index contributed by atoms with van der Waals surface area (Å²) in [5.74, 6) is 0. The first-order valence-electron chi connectivity index (χ1n) is 7.28. The zero-order valence-corrected chi connectivity index (χ0v) is 13.7. The first-order chi connectivity index (χ1) is 10.3. The Balaban J connectivity index is 1.96. The van der Waals surface area contributed by atoms with Crippen molar-refractivity contribution in [2.24, 2.45) is 0 Å². The van der Waals surface area contributed by atoms with Crippen LogP contribution in [0.5, 0.6) is 0 Å². The second-order valence-electron chi connectivity index (χ2n) is 5.89. The smallest absolute Gasteiger partial charge is 0.410 e. The van der Waals surface area contributed by atoms with Crippen molar-refractivity contribution >= 4 is 16.1 Å². The average Bonchev–Trinajstić information content (AvgIpc) is 3.00. The Labute approximate surface area is 129 Å². The van der Waals surface area contributed by atoms with Crippen molar-refractivity contribution in [3.05, 3.63) is 11.4 Å². The molecule has 0 radical (unpaired) electrons. The van der Waals surface area contributed by atoms with Gasteiger partial charge in [-0.05, 0) is 20.3 Å². The Hall–Kier alpha value is -1.61. The van der Waals surface area contributed by atoms with Crippen molar-refractivity contribution in [3.8, 4) is 0 Å². The lowest BCUT2D eigenvalue weighted by Gasteiger charge is -2.43. The standard InChI is InChI=1S/C13H20N4O4S/c1-4-13-7-16(5-6-17(13)12(18)21-8-13)22(19,20)11-9(2)14-15-10(11)3/h4-8H2,1-3H3,(H,14,15). The van der Waals surface area contributed by atoms with Gasteiger partial charge in [0.15, 0.2) is 0 Å². The molecule has 1 aromatic heterocycles. The number of rotatable bonds is 3. The zero-order chi connectivity index (χ0) is 16.1. The predicted molar refractivity (Wildman–Crippen MR) is 77.9 cm³/mol. The van der Waals surface area contributed by atoms with Gasteiger partial charge in [0.25, 0.3) is 0 Å². The highest BCUT2D eigenvalue weighted by Gasteiger charge is 2.52. The fourth-order valence-corrected chi connectivity index (χ4v) is 5.13. The highest BCUT2D eigenvalue weighted by molar-refractivity contribution is 7.89. The van der Waals surface area contributed by atoms with Crippen LogP contribution in [-0.4, -0.2) is 65.7 Å². The van der Waals surface area contributed by atoms with E-state index in [1.165, 1.54) is 4.31 Å². The van der Waals surface area contributed by atoms with Gasteiger partial charge in [-0.2, -0.15) is 9.40 Å². The van der Waals surface area contributed by atoms with Gasteiger partial charge in [-0.1, -0.05) is 6.92 Å². The van der Waals surface area contributed by atoms with Crippen LogP contribution in [0.1, 0.15) is 24.7 Å². The lowest BCUT2D eigenvalue weighted by molar-refractivity contribution is 0.0884. The Bertz CT molecular complexity index is 694. The summed E-state index contributed by atoms with van der Waals surface area (Å²) in [6, 6.07) is 0. The molecule has 0 saturated carbocycles. The minimum absolute atomic E-state index is 0.234. The highest BCUT2D eigenvalue weighted by Crippen LogP contribution is 2.34. The average molecular weight is 328 g/mol.